The Balaban J connectivity index is 0.959. The minimum Gasteiger partial charge on any atom is -0.355 e. The minimum atomic E-state index is 1.08. The van der Waals surface area contributed by atoms with Gasteiger partial charge in [-0.1, -0.05) is 164 Å². The number of rotatable bonds is 9. The van der Waals surface area contributed by atoms with E-state index in [0.29, 0.717) is 0 Å². The summed E-state index contributed by atoms with van der Waals surface area (Å²) in [6, 6.07) is 84.9. The van der Waals surface area contributed by atoms with Crippen molar-refractivity contribution in [2.75, 3.05) is 10.2 Å². The van der Waals surface area contributed by atoms with Gasteiger partial charge < -0.3 is 10.2 Å². The summed E-state index contributed by atoms with van der Waals surface area (Å²) in [5, 5.41) is 8.44. The third-order valence-electron chi connectivity index (χ3n) is 11.0. The summed E-state index contributed by atoms with van der Waals surface area (Å²) in [6.07, 6.45) is 0. The fraction of sp³-hybridized carbons (Fsp3) is 0. The Morgan fingerprint density at radius 1 is 0.259 bits per heavy atom. The lowest BCUT2D eigenvalue weighted by Gasteiger charge is -2.26. The van der Waals surface area contributed by atoms with Gasteiger partial charge in [0.15, 0.2) is 0 Å². The molecule has 0 amide bonds. The lowest BCUT2D eigenvalue weighted by atomic mass is 9.96. The molecular formula is C56H40N2. The highest BCUT2D eigenvalue weighted by molar-refractivity contribution is 5.96. The van der Waals surface area contributed by atoms with Crippen molar-refractivity contribution in [1.29, 1.82) is 0 Å². The van der Waals surface area contributed by atoms with Crippen LogP contribution in [0.15, 0.2) is 237 Å². The van der Waals surface area contributed by atoms with Gasteiger partial charge >= 0.3 is 0 Å². The molecule has 0 saturated heterocycles. The van der Waals surface area contributed by atoms with Gasteiger partial charge in [0.1, 0.15) is 0 Å². The highest BCUT2D eigenvalue weighted by Gasteiger charge is 2.15. The van der Waals surface area contributed by atoms with Gasteiger partial charge in [0.2, 0.25) is 0 Å². The average Bonchev–Trinajstić information content (AvgIpc) is 3.30. The van der Waals surface area contributed by atoms with Crippen LogP contribution in [-0.2, 0) is 0 Å². The maximum absolute atomic E-state index is 3.60. The smallest absolute Gasteiger partial charge is 0.0468 e. The lowest BCUT2D eigenvalue weighted by Crippen LogP contribution is -2.09. The first-order valence-electron chi connectivity index (χ1n) is 19.8. The van der Waals surface area contributed by atoms with Crippen LogP contribution in [0.5, 0.6) is 0 Å². The van der Waals surface area contributed by atoms with Crippen molar-refractivity contribution in [3.05, 3.63) is 237 Å². The second kappa shape index (κ2) is 15.5. The average molecular weight is 741 g/mol. The molecule has 0 radical (unpaired) electrons. The molecule has 0 saturated carbocycles. The number of fused-ring (bicyclic) bond motifs is 2. The van der Waals surface area contributed by atoms with Crippen LogP contribution in [-0.4, -0.2) is 0 Å². The van der Waals surface area contributed by atoms with Crippen LogP contribution in [0.25, 0.3) is 66.1 Å². The maximum Gasteiger partial charge on any atom is 0.0468 e. The van der Waals surface area contributed by atoms with Crippen LogP contribution in [0.3, 0.4) is 0 Å². The van der Waals surface area contributed by atoms with Gasteiger partial charge in [-0.25, -0.2) is 0 Å². The second-order valence-corrected chi connectivity index (χ2v) is 14.7. The minimum absolute atomic E-state index is 1.08. The Bertz CT molecular complexity index is 2910. The SMILES string of the molecule is c1ccc(Nc2ccccc2-c2ccc3cc(-c4ccc5cc(N(c6ccc(-c7ccccc7)cc6)c6ccc(-c7ccccc7)cc6)ccc5c4)ccc3c2)cc1. The summed E-state index contributed by atoms with van der Waals surface area (Å²) in [5.74, 6) is 0. The first-order valence-corrected chi connectivity index (χ1v) is 19.8. The van der Waals surface area contributed by atoms with Gasteiger partial charge in [-0.2, -0.15) is 0 Å². The molecule has 2 nitrogen and oxygen atoms in total. The van der Waals surface area contributed by atoms with Gasteiger partial charge in [-0.3, -0.25) is 0 Å². The van der Waals surface area contributed by atoms with E-state index in [1.165, 1.54) is 66.1 Å². The second-order valence-electron chi connectivity index (χ2n) is 14.7. The van der Waals surface area contributed by atoms with Crippen LogP contribution in [0.4, 0.5) is 28.4 Å². The number of benzene rings is 10. The molecule has 58 heavy (non-hydrogen) atoms. The number of anilines is 5. The predicted molar refractivity (Wildman–Crippen MR) is 248 cm³/mol. The highest BCUT2D eigenvalue weighted by Crippen LogP contribution is 2.39. The molecule has 10 aromatic rings. The third kappa shape index (κ3) is 7.11. The summed E-state index contributed by atoms with van der Waals surface area (Å²) in [4.78, 5) is 2.35. The van der Waals surface area contributed by atoms with Crippen molar-refractivity contribution in [2.24, 2.45) is 0 Å². The van der Waals surface area contributed by atoms with Crippen molar-refractivity contribution >= 4 is 50.0 Å². The molecule has 0 aliphatic rings. The number of hydrogen-bond acceptors (Lipinski definition) is 2. The molecule has 0 spiro atoms. The molecule has 0 aliphatic heterocycles. The zero-order valence-electron chi connectivity index (χ0n) is 32.0. The topological polar surface area (TPSA) is 15.3 Å². The summed E-state index contributed by atoms with van der Waals surface area (Å²) in [6.45, 7) is 0. The van der Waals surface area contributed by atoms with Crippen molar-refractivity contribution in [2.45, 2.75) is 0 Å². The van der Waals surface area contributed by atoms with Crippen LogP contribution >= 0.6 is 0 Å². The van der Waals surface area contributed by atoms with Gasteiger partial charge in [-0.15, -0.1) is 0 Å². The van der Waals surface area contributed by atoms with Crippen molar-refractivity contribution < 1.29 is 0 Å². The Labute approximate surface area is 340 Å². The highest BCUT2D eigenvalue weighted by atomic mass is 15.1. The lowest BCUT2D eigenvalue weighted by molar-refractivity contribution is 1.29. The van der Waals surface area contributed by atoms with E-state index in [1.54, 1.807) is 0 Å². The summed E-state index contributed by atoms with van der Waals surface area (Å²) in [7, 11) is 0. The van der Waals surface area contributed by atoms with E-state index in [1.807, 2.05) is 6.07 Å². The van der Waals surface area contributed by atoms with E-state index >= 15 is 0 Å². The van der Waals surface area contributed by atoms with Crippen LogP contribution in [0.2, 0.25) is 0 Å². The number of para-hydroxylation sites is 2. The van der Waals surface area contributed by atoms with Crippen molar-refractivity contribution in [3.63, 3.8) is 0 Å². The summed E-state index contributed by atoms with van der Waals surface area (Å²) >= 11 is 0. The molecule has 10 aromatic carbocycles. The molecule has 0 atom stereocenters. The van der Waals surface area contributed by atoms with Crippen LogP contribution in [0.1, 0.15) is 0 Å². The monoisotopic (exact) mass is 740 g/mol. The normalized spacial score (nSPS) is 11.1. The molecule has 2 heteroatoms. The maximum atomic E-state index is 3.60. The fourth-order valence-corrected chi connectivity index (χ4v) is 7.98. The third-order valence-corrected chi connectivity index (χ3v) is 11.0. The van der Waals surface area contributed by atoms with E-state index in [4.69, 9.17) is 0 Å². The van der Waals surface area contributed by atoms with E-state index in [9.17, 15) is 0 Å². The zero-order chi connectivity index (χ0) is 38.7. The predicted octanol–water partition coefficient (Wildman–Crippen LogP) is 15.9. The largest absolute Gasteiger partial charge is 0.355 e. The Kier molecular flexibility index (Phi) is 9.27. The molecule has 0 heterocycles. The van der Waals surface area contributed by atoms with E-state index < -0.39 is 0 Å². The Morgan fingerprint density at radius 2 is 0.638 bits per heavy atom. The van der Waals surface area contributed by atoms with E-state index in [2.05, 4.69) is 241 Å². The quantitative estimate of drug-likeness (QED) is 0.159. The fourth-order valence-electron chi connectivity index (χ4n) is 7.98. The Morgan fingerprint density at radius 3 is 1.19 bits per heavy atom. The van der Waals surface area contributed by atoms with Gasteiger partial charge in [0.05, 0.1) is 0 Å². The van der Waals surface area contributed by atoms with E-state index in [0.717, 1.165) is 28.4 Å². The van der Waals surface area contributed by atoms with Gasteiger partial charge in [0, 0.05) is 34.0 Å². The standard InChI is InChI=1S/C56H40N2/c1-4-12-40(13-5-1)42-26-31-52(32-27-42)58(53-33-28-43(29-34-53)41-14-6-2-7-15-41)54-35-30-48-37-45(22-23-49(48)39-54)44-20-21-47-38-50(25-24-46(47)36-44)55-18-10-11-19-56(55)57-51-16-8-3-9-17-51/h1-39,57H. The number of nitrogens with zero attached hydrogens (tertiary/aromatic N) is 1. The molecule has 0 aliphatic carbocycles. The molecular weight excluding hydrogens is 701 g/mol. The van der Waals surface area contributed by atoms with Gasteiger partial charge in [0.25, 0.3) is 0 Å². The van der Waals surface area contributed by atoms with Crippen LogP contribution < -0.4 is 10.2 Å². The Hall–Kier alpha value is -7.68. The molecule has 0 aromatic heterocycles. The molecule has 0 fully saturated rings. The molecule has 1 N–H and O–H groups in total. The number of nitrogens with one attached hydrogen (secondary N) is 1. The summed E-state index contributed by atoms with van der Waals surface area (Å²) in [5.41, 5.74) is 15.1. The molecule has 274 valence electrons. The van der Waals surface area contributed by atoms with E-state index in [-0.39, 0.29) is 0 Å². The van der Waals surface area contributed by atoms with Crippen LogP contribution in [0, 0.1) is 0 Å². The zero-order valence-corrected chi connectivity index (χ0v) is 32.0. The van der Waals surface area contributed by atoms with Gasteiger partial charge in [-0.05, 0) is 133 Å². The molecule has 0 bridgehead atoms. The molecule has 10 rings (SSSR count). The first kappa shape index (κ1) is 34.8. The first-order chi connectivity index (χ1) is 28.7. The molecule has 0 unspecified atom stereocenters. The number of hydrogen-bond donors (Lipinski definition) is 1. The van der Waals surface area contributed by atoms with Crippen molar-refractivity contribution in [3.8, 4) is 44.5 Å². The summed E-state index contributed by atoms with van der Waals surface area (Å²) < 4.78 is 0. The van der Waals surface area contributed by atoms with Crippen molar-refractivity contribution in [1.82, 2.24) is 0 Å².